The molecule has 1 aliphatic heterocycles. The van der Waals surface area contributed by atoms with Crippen LogP contribution in [0.4, 0.5) is 0 Å². The summed E-state index contributed by atoms with van der Waals surface area (Å²) < 4.78 is 0. The molecule has 1 aliphatic carbocycles. The van der Waals surface area contributed by atoms with Gasteiger partial charge in [0.25, 0.3) is 0 Å². The van der Waals surface area contributed by atoms with Crippen LogP contribution in [0.1, 0.15) is 52.4 Å². The van der Waals surface area contributed by atoms with Gasteiger partial charge in [0, 0.05) is 18.6 Å². The summed E-state index contributed by atoms with van der Waals surface area (Å²) in [5.74, 6) is 1.05. The molecular weight excluding hydrogens is 196 g/mol. The number of rotatable bonds is 6. The Morgan fingerprint density at radius 3 is 2.38 bits per heavy atom. The van der Waals surface area contributed by atoms with E-state index in [9.17, 15) is 0 Å². The number of hydrogen-bond acceptors (Lipinski definition) is 2. The fourth-order valence-electron chi connectivity index (χ4n) is 2.99. The molecule has 0 bridgehead atoms. The minimum absolute atomic E-state index is 0.659. The molecule has 2 aliphatic rings. The molecule has 1 saturated carbocycles. The van der Waals surface area contributed by atoms with Crippen LogP contribution in [-0.2, 0) is 0 Å². The summed E-state index contributed by atoms with van der Waals surface area (Å²) in [7, 11) is 0. The SMILES string of the molecule is CC(CC1CC1)NC(C)CN1CCCCC1. The number of likely N-dealkylation sites (tertiary alicyclic amines) is 1. The molecule has 0 aromatic carbocycles. The lowest BCUT2D eigenvalue weighted by Crippen LogP contribution is -2.44. The molecule has 0 radical (unpaired) electrons. The van der Waals surface area contributed by atoms with E-state index in [2.05, 4.69) is 24.1 Å². The predicted molar refractivity (Wildman–Crippen MR) is 69.7 cm³/mol. The van der Waals surface area contributed by atoms with Gasteiger partial charge in [-0.1, -0.05) is 19.3 Å². The number of nitrogens with zero attached hydrogens (tertiary/aromatic N) is 1. The topological polar surface area (TPSA) is 15.3 Å². The van der Waals surface area contributed by atoms with Crippen LogP contribution in [0, 0.1) is 5.92 Å². The highest BCUT2D eigenvalue weighted by atomic mass is 15.2. The van der Waals surface area contributed by atoms with E-state index in [0.29, 0.717) is 12.1 Å². The van der Waals surface area contributed by atoms with E-state index in [0.717, 1.165) is 5.92 Å². The summed E-state index contributed by atoms with van der Waals surface area (Å²) in [5.41, 5.74) is 0. The van der Waals surface area contributed by atoms with Gasteiger partial charge in [-0.3, -0.25) is 0 Å². The molecule has 1 N–H and O–H groups in total. The zero-order valence-corrected chi connectivity index (χ0v) is 11.0. The summed E-state index contributed by atoms with van der Waals surface area (Å²) in [5, 5.41) is 3.76. The predicted octanol–water partition coefficient (Wildman–Crippen LogP) is 2.64. The molecule has 1 saturated heterocycles. The molecule has 1 heterocycles. The molecule has 2 rings (SSSR count). The van der Waals surface area contributed by atoms with Gasteiger partial charge < -0.3 is 10.2 Å². The molecule has 2 nitrogen and oxygen atoms in total. The van der Waals surface area contributed by atoms with Gasteiger partial charge in [-0.15, -0.1) is 0 Å². The van der Waals surface area contributed by atoms with Crippen LogP contribution in [0.25, 0.3) is 0 Å². The van der Waals surface area contributed by atoms with E-state index in [4.69, 9.17) is 0 Å². The van der Waals surface area contributed by atoms with Crippen molar-refractivity contribution in [1.82, 2.24) is 10.2 Å². The lowest BCUT2D eigenvalue weighted by Gasteiger charge is -2.30. The molecule has 94 valence electrons. The van der Waals surface area contributed by atoms with Crippen molar-refractivity contribution in [2.45, 2.75) is 64.5 Å². The normalized spacial score (nSPS) is 26.6. The highest BCUT2D eigenvalue weighted by Gasteiger charge is 2.24. The third kappa shape index (κ3) is 4.42. The third-order valence-corrected chi connectivity index (χ3v) is 3.93. The molecule has 0 aromatic heterocycles. The first kappa shape index (κ1) is 12.4. The highest BCUT2D eigenvalue weighted by molar-refractivity contribution is 4.80. The summed E-state index contributed by atoms with van der Waals surface area (Å²) in [6, 6.07) is 1.37. The van der Waals surface area contributed by atoms with E-state index < -0.39 is 0 Å². The maximum Gasteiger partial charge on any atom is 0.0169 e. The van der Waals surface area contributed by atoms with Gasteiger partial charge in [0.1, 0.15) is 0 Å². The van der Waals surface area contributed by atoms with E-state index in [1.807, 2.05) is 0 Å². The molecule has 2 fully saturated rings. The smallest absolute Gasteiger partial charge is 0.0169 e. The van der Waals surface area contributed by atoms with Crippen molar-refractivity contribution in [2.24, 2.45) is 5.92 Å². The Bertz CT molecular complexity index is 195. The Hall–Kier alpha value is -0.0800. The minimum Gasteiger partial charge on any atom is -0.310 e. The first-order chi connectivity index (χ1) is 7.74. The molecule has 0 spiro atoms. The average Bonchev–Trinajstić information content (AvgIpc) is 3.02. The van der Waals surface area contributed by atoms with Crippen LogP contribution >= 0.6 is 0 Å². The van der Waals surface area contributed by atoms with Gasteiger partial charge in [0.05, 0.1) is 0 Å². The summed E-state index contributed by atoms with van der Waals surface area (Å²) in [6.45, 7) is 8.59. The van der Waals surface area contributed by atoms with Crippen molar-refractivity contribution in [3.63, 3.8) is 0 Å². The van der Waals surface area contributed by atoms with E-state index in [1.54, 1.807) is 0 Å². The standard InChI is InChI=1S/C14H28N2/c1-12(10-14-6-7-14)15-13(2)11-16-8-4-3-5-9-16/h12-15H,3-11H2,1-2H3. The van der Waals surface area contributed by atoms with E-state index in [1.165, 1.54) is 58.2 Å². The maximum absolute atomic E-state index is 3.76. The number of nitrogens with one attached hydrogen (secondary N) is 1. The van der Waals surface area contributed by atoms with Crippen molar-refractivity contribution in [2.75, 3.05) is 19.6 Å². The van der Waals surface area contributed by atoms with Crippen molar-refractivity contribution < 1.29 is 0 Å². The van der Waals surface area contributed by atoms with Gasteiger partial charge in [-0.05, 0) is 52.1 Å². The molecule has 16 heavy (non-hydrogen) atoms. The Labute approximate surface area is 101 Å². The quantitative estimate of drug-likeness (QED) is 0.746. The van der Waals surface area contributed by atoms with Crippen molar-refractivity contribution >= 4 is 0 Å². The number of hydrogen-bond donors (Lipinski definition) is 1. The Morgan fingerprint density at radius 2 is 1.75 bits per heavy atom. The molecule has 0 aromatic rings. The second kappa shape index (κ2) is 6.02. The first-order valence-electron chi connectivity index (χ1n) is 7.22. The largest absolute Gasteiger partial charge is 0.310 e. The van der Waals surface area contributed by atoms with Crippen LogP contribution in [-0.4, -0.2) is 36.6 Å². The van der Waals surface area contributed by atoms with Gasteiger partial charge in [0.15, 0.2) is 0 Å². The molecule has 2 unspecified atom stereocenters. The van der Waals surface area contributed by atoms with Gasteiger partial charge in [-0.2, -0.15) is 0 Å². The second-order valence-electron chi connectivity index (χ2n) is 6.01. The molecule has 2 atom stereocenters. The van der Waals surface area contributed by atoms with E-state index in [-0.39, 0.29) is 0 Å². The molecule has 2 heteroatoms. The summed E-state index contributed by atoms with van der Waals surface area (Å²) in [6.07, 6.45) is 8.61. The molecular formula is C14H28N2. The van der Waals surface area contributed by atoms with Crippen molar-refractivity contribution in [3.8, 4) is 0 Å². The summed E-state index contributed by atoms with van der Waals surface area (Å²) in [4.78, 5) is 2.63. The monoisotopic (exact) mass is 224 g/mol. The molecule has 0 amide bonds. The lowest BCUT2D eigenvalue weighted by molar-refractivity contribution is 0.204. The highest BCUT2D eigenvalue weighted by Crippen LogP contribution is 2.33. The average molecular weight is 224 g/mol. The minimum atomic E-state index is 0.659. The Morgan fingerprint density at radius 1 is 1.06 bits per heavy atom. The zero-order chi connectivity index (χ0) is 11.4. The lowest BCUT2D eigenvalue weighted by atomic mass is 10.1. The Balaban J connectivity index is 1.60. The number of piperidine rings is 1. The van der Waals surface area contributed by atoms with Crippen LogP contribution < -0.4 is 5.32 Å². The van der Waals surface area contributed by atoms with Crippen LogP contribution in [0.3, 0.4) is 0 Å². The van der Waals surface area contributed by atoms with Crippen LogP contribution in [0.5, 0.6) is 0 Å². The van der Waals surface area contributed by atoms with Crippen molar-refractivity contribution in [3.05, 3.63) is 0 Å². The zero-order valence-electron chi connectivity index (χ0n) is 11.0. The van der Waals surface area contributed by atoms with Crippen LogP contribution in [0.15, 0.2) is 0 Å². The van der Waals surface area contributed by atoms with Crippen molar-refractivity contribution in [1.29, 1.82) is 0 Å². The maximum atomic E-state index is 3.76. The van der Waals surface area contributed by atoms with Crippen LogP contribution in [0.2, 0.25) is 0 Å². The van der Waals surface area contributed by atoms with Gasteiger partial charge >= 0.3 is 0 Å². The summed E-state index contributed by atoms with van der Waals surface area (Å²) >= 11 is 0. The van der Waals surface area contributed by atoms with Gasteiger partial charge in [0.2, 0.25) is 0 Å². The fraction of sp³-hybridized carbons (Fsp3) is 1.00. The van der Waals surface area contributed by atoms with Gasteiger partial charge in [-0.25, -0.2) is 0 Å². The first-order valence-corrected chi connectivity index (χ1v) is 7.22. The fourth-order valence-corrected chi connectivity index (χ4v) is 2.99. The van der Waals surface area contributed by atoms with E-state index >= 15 is 0 Å². The Kier molecular flexibility index (Phi) is 4.66. The third-order valence-electron chi connectivity index (χ3n) is 3.93. The second-order valence-corrected chi connectivity index (χ2v) is 6.01.